The molecule has 2 aliphatic carbocycles. The van der Waals surface area contributed by atoms with Crippen LogP contribution in [-0.4, -0.2) is 17.0 Å². The molecule has 0 bridgehead atoms. The van der Waals surface area contributed by atoms with E-state index in [4.69, 9.17) is 5.11 Å². The molecule has 0 aromatic heterocycles. The van der Waals surface area contributed by atoms with Gasteiger partial charge in [0.25, 0.3) is 5.92 Å². The van der Waals surface area contributed by atoms with Crippen LogP contribution in [0, 0.1) is 11.3 Å². The van der Waals surface area contributed by atoms with Gasteiger partial charge in [-0.2, -0.15) is 0 Å². The van der Waals surface area contributed by atoms with Gasteiger partial charge in [-0.25, -0.2) is 8.78 Å². The van der Waals surface area contributed by atoms with Gasteiger partial charge in [-0.05, 0) is 18.8 Å². The Morgan fingerprint density at radius 1 is 1.45 bits per heavy atom. The maximum atomic E-state index is 12.6. The van der Waals surface area contributed by atoms with Crippen molar-refractivity contribution in [2.75, 3.05) is 0 Å². The average molecular weight is 162 g/mol. The molecule has 0 heterocycles. The first-order valence-electron chi connectivity index (χ1n) is 3.62. The van der Waals surface area contributed by atoms with E-state index in [1.807, 2.05) is 0 Å². The lowest BCUT2D eigenvalue weighted by atomic mass is 10.0. The first kappa shape index (κ1) is 7.00. The van der Waals surface area contributed by atoms with Gasteiger partial charge in [0.15, 0.2) is 0 Å². The van der Waals surface area contributed by atoms with Crippen LogP contribution in [0.4, 0.5) is 8.78 Å². The van der Waals surface area contributed by atoms with E-state index in [1.165, 1.54) is 0 Å². The second-order valence-corrected chi connectivity index (χ2v) is 3.43. The molecule has 4 heteroatoms. The number of hydrogen-bond acceptors (Lipinski definition) is 1. The summed E-state index contributed by atoms with van der Waals surface area (Å²) in [6, 6.07) is 0. The third kappa shape index (κ3) is 0.671. The van der Waals surface area contributed by atoms with Gasteiger partial charge in [-0.15, -0.1) is 0 Å². The minimum Gasteiger partial charge on any atom is -0.481 e. The first-order chi connectivity index (χ1) is 5.01. The standard InChI is InChI=1S/C7H8F2O2/c8-7(9)3-6(7,5(10)11)4-1-2-4/h4H,1-3H2,(H,10,11). The largest absolute Gasteiger partial charge is 0.481 e. The molecule has 2 fully saturated rings. The van der Waals surface area contributed by atoms with Crippen molar-refractivity contribution in [2.24, 2.45) is 11.3 Å². The summed E-state index contributed by atoms with van der Waals surface area (Å²) in [6.45, 7) is 0. The van der Waals surface area contributed by atoms with Crippen molar-refractivity contribution in [2.45, 2.75) is 25.2 Å². The molecule has 11 heavy (non-hydrogen) atoms. The van der Waals surface area contributed by atoms with Crippen LogP contribution < -0.4 is 0 Å². The van der Waals surface area contributed by atoms with Gasteiger partial charge in [0.05, 0.1) is 0 Å². The van der Waals surface area contributed by atoms with Crippen LogP contribution >= 0.6 is 0 Å². The summed E-state index contributed by atoms with van der Waals surface area (Å²) in [5, 5.41) is 8.57. The normalized spacial score (nSPS) is 40.2. The molecule has 1 N–H and O–H groups in total. The maximum absolute atomic E-state index is 12.6. The molecule has 2 aliphatic rings. The van der Waals surface area contributed by atoms with Gasteiger partial charge < -0.3 is 5.11 Å². The Labute approximate surface area is 62.2 Å². The van der Waals surface area contributed by atoms with Crippen molar-refractivity contribution in [3.63, 3.8) is 0 Å². The predicted octanol–water partition coefficient (Wildman–Crippen LogP) is 1.51. The quantitative estimate of drug-likeness (QED) is 0.668. The van der Waals surface area contributed by atoms with Crippen molar-refractivity contribution in [1.29, 1.82) is 0 Å². The lowest BCUT2D eigenvalue weighted by Gasteiger charge is -2.07. The molecule has 1 atom stereocenters. The summed E-state index contributed by atoms with van der Waals surface area (Å²) in [4.78, 5) is 10.5. The minimum absolute atomic E-state index is 0.255. The number of carboxylic acid groups (broad SMARTS) is 1. The maximum Gasteiger partial charge on any atom is 0.316 e. The van der Waals surface area contributed by atoms with E-state index < -0.39 is 23.7 Å². The summed E-state index contributed by atoms with van der Waals surface area (Å²) >= 11 is 0. The lowest BCUT2D eigenvalue weighted by molar-refractivity contribution is -0.148. The van der Waals surface area contributed by atoms with Gasteiger partial charge in [-0.3, -0.25) is 4.79 Å². The van der Waals surface area contributed by atoms with Crippen LogP contribution in [0.3, 0.4) is 0 Å². The van der Waals surface area contributed by atoms with E-state index in [9.17, 15) is 13.6 Å². The molecule has 2 rings (SSSR count). The summed E-state index contributed by atoms with van der Waals surface area (Å²) in [5.41, 5.74) is -1.66. The zero-order chi connectivity index (χ0) is 8.28. The highest BCUT2D eigenvalue weighted by atomic mass is 19.3. The number of carbonyl (C=O) groups is 1. The third-order valence-corrected chi connectivity index (χ3v) is 2.68. The highest BCUT2D eigenvalue weighted by Crippen LogP contribution is 2.70. The van der Waals surface area contributed by atoms with Gasteiger partial charge in [0, 0.05) is 6.42 Å². The summed E-state index contributed by atoms with van der Waals surface area (Å²) < 4.78 is 25.2. The van der Waals surface area contributed by atoms with E-state index in [2.05, 4.69) is 0 Å². The Kier molecular flexibility index (Phi) is 0.997. The molecule has 0 saturated heterocycles. The van der Waals surface area contributed by atoms with Gasteiger partial charge in [0.1, 0.15) is 5.41 Å². The van der Waals surface area contributed by atoms with E-state index in [0.29, 0.717) is 12.8 Å². The molecular weight excluding hydrogens is 154 g/mol. The zero-order valence-corrected chi connectivity index (χ0v) is 5.81. The molecule has 0 aliphatic heterocycles. The molecule has 0 radical (unpaired) electrons. The van der Waals surface area contributed by atoms with Gasteiger partial charge in [-0.1, -0.05) is 0 Å². The number of hydrogen-bond donors (Lipinski definition) is 1. The minimum atomic E-state index is -2.93. The Morgan fingerprint density at radius 2 is 1.91 bits per heavy atom. The predicted molar refractivity (Wildman–Crippen MR) is 32.4 cm³/mol. The van der Waals surface area contributed by atoms with Crippen LogP contribution in [0.15, 0.2) is 0 Å². The molecule has 0 aromatic rings. The summed E-state index contributed by atoms with van der Waals surface area (Å²) in [5.74, 6) is -4.50. The third-order valence-electron chi connectivity index (χ3n) is 2.68. The molecule has 1 unspecified atom stereocenters. The lowest BCUT2D eigenvalue weighted by Crippen LogP contribution is -2.24. The number of halogens is 2. The Bertz CT molecular complexity index is 222. The van der Waals surface area contributed by atoms with Gasteiger partial charge in [0.2, 0.25) is 0 Å². The molecule has 0 spiro atoms. The van der Waals surface area contributed by atoms with Crippen LogP contribution in [0.2, 0.25) is 0 Å². The van der Waals surface area contributed by atoms with Crippen molar-refractivity contribution in [1.82, 2.24) is 0 Å². The fourth-order valence-electron chi connectivity index (χ4n) is 1.73. The zero-order valence-electron chi connectivity index (χ0n) is 5.81. The highest BCUT2D eigenvalue weighted by Gasteiger charge is 2.81. The summed E-state index contributed by atoms with van der Waals surface area (Å²) in [6.07, 6.45) is 0.865. The Morgan fingerprint density at radius 3 is 2.00 bits per heavy atom. The van der Waals surface area contributed by atoms with Crippen molar-refractivity contribution >= 4 is 5.97 Å². The number of alkyl halides is 2. The SMILES string of the molecule is O=C(O)C1(C2CC2)CC1(F)F. The molecule has 2 saturated carbocycles. The fourth-order valence-corrected chi connectivity index (χ4v) is 1.73. The highest BCUT2D eigenvalue weighted by molar-refractivity contribution is 5.81. The molecule has 2 nitrogen and oxygen atoms in total. The van der Waals surface area contributed by atoms with Crippen molar-refractivity contribution < 1.29 is 18.7 Å². The first-order valence-corrected chi connectivity index (χ1v) is 3.62. The van der Waals surface area contributed by atoms with E-state index in [1.54, 1.807) is 0 Å². The average Bonchev–Trinajstić information content (AvgIpc) is 2.63. The van der Waals surface area contributed by atoms with Gasteiger partial charge >= 0.3 is 5.97 Å². The fraction of sp³-hybridized carbons (Fsp3) is 0.857. The Balaban J connectivity index is 2.24. The molecule has 0 aromatic carbocycles. The van der Waals surface area contributed by atoms with Crippen LogP contribution in [0.25, 0.3) is 0 Å². The number of aliphatic carboxylic acids is 1. The van der Waals surface area contributed by atoms with E-state index >= 15 is 0 Å². The number of rotatable bonds is 2. The second kappa shape index (κ2) is 1.57. The Hall–Kier alpha value is -0.670. The van der Waals surface area contributed by atoms with Crippen LogP contribution in [-0.2, 0) is 4.79 Å². The van der Waals surface area contributed by atoms with Crippen LogP contribution in [0.5, 0.6) is 0 Å². The van der Waals surface area contributed by atoms with Crippen molar-refractivity contribution in [3.05, 3.63) is 0 Å². The van der Waals surface area contributed by atoms with Crippen molar-refractivity contribution in [3.8, 4) is 0 Å². The topological polar surface area (TPSA) is 37.3 Å². The monoisotopic (exact) mass is 162 g/mol. The molecule has 0 amide bonds. The number of carboxylic acids is 1. The van der Waals surface area contributed by atoms with Crippen LogP contribution in [0.1, 0.15) is 19.3 Å². The smallest absolute Gasteiger partial charge is 0.316 e. The molecule has 62 valence electrons. The van der Waals surface area contributed by atoms with E-state index in [0.717, 1.165) is 0 Å². The second-order valence-electron chi connectivity index (χ2n) is 3.43. The van der Waals surface area contributed by atoms with E-state index in [-0.39, 0.29) is 5.92 Å². The summed E-state index contributed by atoms with van der Waals surface area (Å²) in [7, 11) is 0. The molecular formula is C7H8F2O2.